The van der Waals surface area contributed by atoms with Crippen molar-refractivity contribution in [1.82, 2.24) is 5.43 Å². The van der Waals surface area contributed by atoms with Gasteiger partial charge in [-0.3, -0.25) is 9.59 Å². The number of nitrogens with one attached hydrogen (secondary N) is 2. The first-order valence-corrected chi connectivity index (χ1v) is 8.74. The second kappa shape index (κ2) is 9.73. The Morgan fingerprint density at radius 3 is 2.50 bits per heavy atom. The van der Waals surface area contributed by atoms with E-state index < -0.39 is 0 Å². The molecule has 2 amide bonds. The van der Waals surface area contributed by atoms with Crippen LogP contribution in [0, 0.1) is 6.92 Å². The number of hydrogen-bond acceptors (Lipinski definition) is 3. The minimum Gasteiger partial charge on any atom is -0.326 e. The van der Waals surface area contributed by atoms with E-state index in [-0.39, 0.29) is 18.2 Å². The summed E-state index contributed by atoms with van der Waals surface area (Å²) in [6, 6.07) is 15.0. The summed E-state index contributed by atoms with van der Waals surface area (Å²) in [5.74, 6) is -0.377. The van der Waals surface area contributed by atoms with E-state index in [0.717, 1.165) is 11.1 Å². The van der Waals surface area contributed by atoms with Crippen LogP contribution in [0.4, 0.5) is 5.69 Å². The third-order valence-corrected chi connectivity index (χ3v) is 3.97. The van der Waals surface area contributed by atoms with Crippen LogP contribution in [0.5, 0.6) is 0 Å². The third-order valence-electron chi connectivity index (χ3n) is 3.73. The molecule has 0 heterocycles. The van der Waals surface area contributed by atoms with Crippen LogP contribution >= 0.6 is 11.6 Å². The van der Waals surface area contributed by atoms with E-state index in [1.54, 1.807) is 25.1 Å². The zero-order chi connectivity index (χ0) is 18.9. The zero-order valence-corrected chi connectivity index (χ0v) is 15.6. The van der Waals surface area contributed by atoms with E-state index in [1.165, 1.54) is 0 Å². The molecule has 136 valence electrons. The number of benzene rings is 2. The van der Waals surface area contributed by atoms with Gasteiger partial charge in [0, 0.05) is 22.8 Å². The minimum atomic E-state index is -0.199. The van der Waals surface area contributed by atoms with Crippen LogP contribution in [0.25, 0.3) is 0 Å². The molecule has 0 aromatic heterocycles. The Morgan fingerprint density at radius 2 is 1.81 bits per heavy atom. The van der Waals surface area contributed by atoms with E-state index in [0.29, 0.717) is 29.3 Å². The summed E-state index contributed by atoms with van der Waals surface area (Å²) in [6.07, 6.45) is 1.09. The molecule has 0 saturated carbocycles. The fourth-order valence-corrected chi connectivity index (χ4v) is 2.58. The van der Waals surface area contributed by atoms with Gasteiger partial charge < -0.3 is 5.32 Å². The van der Waals surface area contributed by atoms with E-state index >= 15 is 0 Å². The number of carbonyl (C=O) groups excluding carboxylic acids is 2. The number of aryl methyl sites for hydroxylation is 2. The first-order chi connectivity index (χ1) is 12.4. The van der Waals surface area contributed by atoms with Gasteiger partial charge in [0.05, 0.1) is 6.42 Å². The van der Waals surface area contributed by atoms with Gasteiger partial charge in [-0.2, -0.15) is 5.10 Å². The van der Waals surface area contributed by atoms with Gasteiger partial charge in [-0.25, -0.2) is 5.43 Å². The molecule has 0 aliphatic carbocycles. The SMILES string of the molecule is C/C(CC(=O)Nc1ccc(Cl)cc1C)=N/NC(=O)CCc1ccccc1. The van der Waals surface area contributed by atoms with Crippen LogP contribution in [-0.2, 0) is 16.0 Å². The van der Waals surface area contributed by atoms with Gasteiger partial charge in [-0.15, -0.1) is 0 Å². The molecule has 5 nitrogen and oxygen atoms in total. The van der Waals surface area contributed by atoms with Crippen LogP contribution in [-0.4, -0.2) is 17.5 Å². The normalized spacial score (nSPS) is 11.1. The molecule has 0 unspecified atom stereocenters. The van der Waals surface area contributed by atoms with Gasteiger partial charge in [-0.05, 0) is 49.6 Å². The molecule has 0 aliphatic rings. The number of halogens is 1. The molecule has 0 radical (unpaired) electrons. The summed E-state index contributed by atoms with van der Waals surface area (Å²) < 4.78 is 0. The van der Waals surface area contributed by atoms with E-state index in [1.807, 2.05) is 37.3 Å². The molecule has 2 N–H and O–H groups in total. The molecule has 2 rings (SSSR count). The maximum atomic E-state index is 12.1. The monoisotopic (exact) mass is 371 g/mol. The maximum absolute atomic E-state index is 12.1. The van der Waals surface area contributed by atoms with E-state index in [2.05, 4.69) is 15.8 Å². The quantitative estimate of drug-likeness (QED) is 0.568. The molecule has 0 aliphatic heterocycles. The molecular weight excluding hydrogens is 350 g/mol. The summed E-state index contributed by atoms with van der Waals surface area (Å²) in [6.45, 7) is 3.57. The largest absolute Gasteiger partial charge is 0.326 e. The predicted molar refractivity (Wildman–Crippen MR) is 105 cm³/mol. The standard InChI is InChI=1S/C20H22ClN3O2/c1-14-12-17(21)9-10-18(14)22-20(26)13-15(2)23-24-19(25)11-8-16-6-4-3-5-7-16/h3-7,9-10,12H,8,11,13H2,1-2H3,(H,22,26)(H,24,25)/b23-15-. The Balaban J connectivity index is 1.77. The van der Waals surface area contributed by atoms with Crippen LogP contribution in [0.15, 0.2) is 53.6 Å². The Hall–Kier alpha value is -2.66. The minimum absolute atomic E-state index is 0.0982. The second-order valence-electron chi connectivity index (χ2n) is 6.05. The van der Waals surface area contributed by atoms with Crippen molar-refractivity contribution < 1.29 is 9.59 Å². The van der Waals surface area contributed by atoms with Crippen molar-refractivity contribution >= 4 is 34.8 Å². The lowest BCUT2D eigenvalue weighted by Crippen LogP contribution is -2.21. The summed E-state index contributed by atoms with van der Waals surface area (Å²) in [5, 5.41) is 7.42. The van der Waals surface area contributed by atoms with Crippen molar-refractivity contribution in [2.24, 2.45) is 5.10 Å². The molecule has 26 heavy (non-hydrogen) atoms. The van der Waals surface area contributed by atoms with Gasteiger partial charge in [-0.1, -0.05) is 41.9 Å². The lowest BCUT2D eigenvalue weighted by Gasteiger charge is -2.08. The topological polar surface area (TPSA) is 70.6 Å². The second-order valence-corrected chi connectivity index (χ2v) is 6.49. The summed E-state index contributed by atoms with van der Waals surface area (Å²) in [4.78, 5) is 23.9. The average Bonchev–Trinajstić information content (AvgIpc) is 2.61. The predicted octanol–water partition coefficient (Wildman–Crippen LogP) is 4.10. The lowest BCUT2D eigenvalue weighted by molar-refractivity contribution is -0.121. The highest BCUT2D eigenvalue weighted by Gasteiger charge is 2.08. The number of rotatable bonds is 7. The van der Waals surface area contributed by atoms with Crippen LogP contribution in [0.3, 0.4) is 0 Å². The van der Waals surface area contributed by atoms with Gasteiger partial charge in [0.2, 0.25) is 11.8 Å². The van der Waals surface area contributed by atoms with E-state index in [4.69, 9.17) is 11.6 Å². The molecule has 2 aromatic rings. The van der Waals surface area contributed by atoms with Gasteiger partial charge in [0.1, 0.15) is 0 Å². The van der Waals surface area contributed by atoms with E-state index in [9.17, 15) is 9.59 Å². The number of anilines is 1. The van der Waals surface area contributed by atoms with Crippen LogP contribution in [0.1, 0.15) is 30.9 Å². The van der Waals surface area contributed by atoms with Gasteiger partial charge >= 0.3 is 0 Å². The highest BCUT2D eigenvalue weighted by molar-refractivity contribution is 6.30. The van der Waals surface area contributed by atoms with Crippen molar-refractivity contribution in [2.45, 2.75) is 33.1 Å². The molecule has 0 spiro atoms. The van der Waals surface area contributed by atoms with Crippen molar-refractivity contribution in [3.05, 3.63) is 64.7 Å². The Morgan fingerprint density at radius 1 is 1.08 bits per heavy atom. The first-order valence-electron chi connectivity index (χ1n) is 8.36. The summed E-state index contributed by atoms with van der Waals surface area (Å²) in [5.41, 5.74) is 5.71. The van der Waals surface area contributed by atoms with Crippen molar-refractivity contribution in [3.8, 4) is 0 Å². The highest BCUT2D eigenvalue weighted by atomic mass is 35.5. The Labute approximate surface area is 158 Å². The third kappa shape index (κ3) is 6.69. The van der Waals surface area contributed by atoms with Crippen molar-refractivity contribution in [2.75, 3.05) is 5.32 Å². The average molecular weight is 372 g/mol. The zero-order valence-electron chi connectivity index (χ0n) is 14.9. The first kappa shape index (κ1) is 19.7. The molecule has 0 bridgehead atoms. The summed E-state index contributed by atoms with van der Waals surface area (Å²) in [7, 11) is 0. The van der Waals surface area contributed by atoms with Crippen LogP contribution < -0.4 is 10.7 Å². The molecule has 0 atom stereocenters. The Kier molecular flexibility index (Phi) is 7.36. The number of nitrogens with zero attached hydrogens (tertiary/aromatic N) is 1. The van der Waals surface area contributed by atoms with Gasteiger partial charge in [0.25, 0.3) is 0 Å². The fraction of sp³-hybridized carbons (Fsp3) is 0.250. The highest BCUT2D eigenvalue weighted by Crippen LogP contribution is 2.19. The van der Waals surface area contributed by atoms with Crippen LogP contribution in [0.2, 0.25) is 5.02 Å². The van der Waals surface area contributed by atoms with Gasteiger partial charge in [0.15, 0.2) is 0 Å². The molecule has 6 heteroatoms. The number of hydrazone groups is 1. The smallest absolute Gasteiger partial charge is 0.240 e. The molecule has 2 aromatic carbocycles. The summed E-state index contributed by atoms with van der Waals surface area (Å²) >= 11 is 5.90. The molecule has 0 saturated heterocycles. The number of carbonyl (C=O) groups is 2. The molecule has 0 fully saturated rings. The maximum Gasteiger partial charge on any atom is 0.240 e. The Bertz CT molecular complexity index is 804. The van der Waals surface area contributed by atoms with Crippen molar-refractivity contribution in [3.63, 3.8) is 0 Å². The number of hydrogen-bond donors (Lipinski definition) is 2. The lowest BCUT2D eigenvalue weighted by atomic mass is 10.1. The van der Waals surface area contributed by atoms with Crippen molar-refractivity contribution in [1.29, 1.82) is 0 Å². The fourth-order valence-electron chi connectivity index (χ4n) is 2.35. The molecular formula is C20H22ClN3O2. The number of amides is 2.